The number of ether oxygens (including phenoxy) is 1. The zero-order chi connectivity index (χ0) is 18.0. The summed E-state index contributed by atoms with van der Waals surface area (Å²) in [6.45, 7) is 4.18. The van der Waals surface area contributed by atoms with E-state index in [0.717, 1.165) is 18.6 Å². The molecule has 2 atom stereocenters. The summed E-state index contributed by atoms with van der Waals surface area (Å²) in [5.41, 5.74) is 4.71. The molecule has 1 aliphatic heterocycles. The lowest BCUT2D eigenvalue weighted by molar-refractivity contribution is -0.137. The molecular formula is C17H24ClF3N2O2. The molecule has 1 amide bonds. The Morgan fingerprint density at radius 2 is 1.92 bits per heavy atom. The fourth-order valence-electron chi connectivity index (χ4n) is 2.71. The van der Waals surface area contributed by atoms with Gasteiger partial charge in [0.25, 0.3) is 0 Å². The first-order valence-electron chi connectivity index (χ1n) is 7.94. The third kappa shape index (κ3) is 5.59. The zero-order valence-electron chi connectivity index (χ0n) is 14.2. The Labute approximate surface area is 151 Å². The summed E-state index contributed by atoms with van der Waals surface area (Å²) in [7, 11) is 0. The van der Waals surface area contributed by atoms with Gasteiger partial charge in [-0.25, -0.2) is 0 Å². The van der Waals surface area contributed by atoms with Gasteiger partial charge in [0.05, 0.1) is 11.7 Å². The lowest BCUT2D eigenvalue weighted by Crippen LogP contribution is -2.42. The molecule has 0 radical (unpaired) electrons. The van der Waals surface area contributed by atoms with Gasteiger partial charge in [0.1, 0.15) is 6.10 Å². The van der Waals surface area contributed by atoms with Crippen LogP contribution in [0.4, 0.5) is 13.2 Å². The van der Waals surface area contributed by atoms with Gasteiger partial charge in [-0.3, -0.25) is 4.79 Å². The molecule has 1 aliphatic rings. The van der Waals surface area contributed by atoms with Crippen molar-refractivity contribution in [1.82, 2.24) is 5.32 Å². The van der Waals surface area contributed by atoms with Crippen LogP contribution in [0.3, 0.4) is 0 Å². The molecule has 0 saturated carbocycles. The highest BCUT2D eigenvalue weighted by molar-refractivity contribution is 5.85. The first-order valence-corrected chi connectivity index (χ1v) is 7.94. The van der Waals surface area contributed by atoms with E-state index in [2.05, 4.69) is 5.32 Å². The highest BCUT2D eigenvalue weighted by Gasteiger charge is 2.33. The lowest BCUT2D eigenvalue weighted by atomic mass is 9.83. The summed E-state index contributed by atoms with van der Waals surface area (Å²) in [5.74, 6) is -0.244. The molecule has 0 unspecified atom stereocenters. The molecule has 1 heterocycles. The lowest BCUT2D eigenvalue weighted by Gasteiger charge is -2.27. The van der Waals surface area contributed by atoms with Gasteiger partial charge < -0.3 is 15.8 Å². The molecule has 3 N–H and O–H groups in total. The molecule has 1 saturated heterocycles. The average molecular weight is 381 g/mol. The third-order valence-corrected chi connectivity index (χ3v) is 4.34. The molecule has 4 nitrogen and oxygen atoms in total. The maximum absolute atomic E-state index is 12.8. The number of amides is 1. The number of nitrogens with two attached hydrogens (primary N) is 1. The minimum absolute atomic E-state index is 0. The first kappa shape index (κ1) is 21.7. The van der Waals surface area contributed by atoms with Gasteiger partial charge in [-0.05, 0) is 24.5 Å². The van der Waals surface area contributed by atoms with Crippen LogP contribution in [0.25, 0.3) is 0 Å². The number of halogens is 4. The highest BCUT2D eigenvalue weighted by Crippen LogP contribution is 2.32. The minimum Gasteiger partial charge on any atom is -0.364 e. The molecule has 0 spiro atoms. The second-order valence-corrected chi connectivity index (χ2v) is 6.74. The maximum atomic E-state index is 12.8. The Balaban J connectivity index is 0.00000312. The van der Waals surface area contributed by atoms with Crippen LogP contribution in [-0.2, 0) is 21.1 Å². The molecule has 1 fully saturated rings. The van der Waals surface area contributed by atoms with E-state index < -0.39 is 23.3 Å². The zero-order valence-corrected chi connectivity index (χ0v) is 15.0. The van der Waals surface area contributed by atoms with Gasteiger partial charge in [0.15, 0.2) is 0 Å². The van der Waals surface area contributed by atoms with Crippen molar-refractivity contribution in [1.29, 1.82) is 0 Å². The van der Waals surface area contributed by atoms with E-state index in [0.29, 0.717) is 18.5 Å². The average Bonchev–Trinajstić information content (AvgIpc) is 3.01. The van der Waals surface area contributed by atoms with Crippen LogP contribution in [-0.4, -0.2) is 31.2 Å². The van der Waals surface area contributed by atoms with E-state index in [4.69, 9.17) is 10.5 Å². The Bertz CT molecular complexity index is 594. The molecule has 1 aromatic rings. The Hall–Kier alpha value is -1.31. The maximum Gasteiger partial charge on any atom is 0.416 e. The van der Waals surface area contributed by atoms with Crippen LogP contribution < -0.4 is 11.1 Å². The second kappa shape index (κ2) is 8.38. The third-order valence-electron chi connectivity index (χ3n) is 4.34. The second-order valence-electron chi connectivity index (χ2n) is 6.74. The number of rotatable bonds is 5. The van der Waals surface area contributed by atoms with Crippen molar-refractivity contribution >= 4 is 18.3 Å². The molecule has 2 rings (SSSR count). The number of hydrogen-bond acceptors (Lipinski definition) is 3. The summed E-state index contributed by atoms with van der Waals surface area (Å²) < 4.78 is 44.1. The Morgan fingerprint density at radius 3 is 2.48 bits per heavy atom. The topological polar surface area (TPSA) is 64.4 Å². The van der Waals surface area contributed by atoms with E-state index in [9.17, 15) is 18.0 Å². The number of hydrogen-bond donors (Lipinski definition) is 2. The van der Waals surface area contributed by atoms with Gasteiger partial charge in [0.2, 0.25) is 5.91 Å². The summed E-state index contributed by atoms with van der Waals surface area (Å²) >= 11 is 0. The van der Waals surface area contributed by atoms with Crippen LogP contribution in [0.2, 0.25) is 0 Å². The molecule has 8 heteroatoms. The summed E-state index contributed by atoms with van der Waals surface area (Å²) in [5, 5.41) is 2.78. The van der Waals surface area contributed by atoms with Gasteiger partial charge in [-0.1, -0.05) is 32.0 Å². The van der Waals surface area contributed by atoms with Gasteiger partial charge in [0, 0.05) is 18.5 Å². The van der Waals surface area contributed by atoms with Crippen molar-refractivity contribution < 1.29 is 22.7 Å². The number of nitrogens with one attached hydrogen (secondary N) is 1. The smallest absolute Gasteiger partial charge is 0.364 e. The van der Waals surface area contributed by atoms with Crippen molar-refractivity contribution in [3.05, 3.63) is 35.4 Å². The van der Waals surface area contributed by atoms with Crippen LogP contribution >= 0.6 is 12.4 Å². The van der Waals surface area contributed by atoms with E-state index in [1.54, 1.807) is 19.9 Å². The van der Waals surface area contributed by atoms with Crippen LogP contribution in [0.15, 0.2) is 24.3 Å². The number of carbonyl (C=O) groups is 1. The predicted octanol–water partition coefficient (Wildman–Crippen LogP) is 3.03. The molecule has 25 heavy (non-hydrogen) atoms. The Kier molecular flexibility index (Phi) is 7.28. The van der Waals surface area contributed by atoms with Crippen molar-refractivity contribution in [3.63, 3.8) is 0 Å². The SMILES string of the molecule is CC(C)(CNC(=O)[C@@H]1CC[C@H](CN)O1)c1cccc(C(F)(F)F)c1.Cl. The first-order chi connectivity index (χ1) is 11.1. The van der Waals surface area contributed by atoms with Crippen LogP contribution in [0, 0.1) is 0 Å². The van der Waals surface area contributed by atoms with Crippen molar-refractivity contribution in [2.24, 2.45) is 5.73 Å². The standard InChI is InChI=1S/C17H23F3N2O2.ClH/c1-16(2,11-4-3-5-12(8-11)17(18,19)20)10-22-15(23)14-7-6-13(9-21)24-14;/h3-5,8,13-14H,6-7,9-10,21H2,1-2H3,(H,22,23);1H/t13-,14+;/m1./s1. The van der Waals surface area contributed by atoms with Crippen LogP contribution in [0.1, 0.15) is 37.8 Å². The van der Waals surface area contributed by atoms with Crippen molar-refractivity contribution in [2.75, 3.05) is 13.1 Å². The van der Waals surface area contributed by atoms with Gasteiger partial charge in [-0.15, -0.1) is 12.4 Å². The summed E-state index contributed by atoms with van der Waals surface area (Å²) in [6, 6.07) is 5.19. The monoisotopic (exact) mass is 380 g/mol. The summed E-state index contributed by atoms with van der Waals surface area (Å²) in [4.78, 5) is 12.2. The largest absolute Gasteiger partial charge is 0.416 e. The van der Waals surface area contributed by atoms with Gasteiger partial charge >= 0.3 is 6.18 Å². The highest BCUT2D eigenvalue weighted by atomic mass is 35.5. The molecule has 0 bridgehead atoms. The van der Waals surface area contributed by atoms with Crippen molar-refractivity contribution in [2.45, 2.75) is 50.5 Å². The predicted molar refractivity (Wildman–Crippen MR) is 91.7 cm³/mol. The van der Waals surface area contributed by atoms with E-state index >= 15 is 0 Å². The molecule has 0 aromatic heterocycles. The number of alkyl halides is 3. The Morgan fingerprint density at radius 1 is 1.28 bits per heavy atom. The minimum atomic E-state index is -4.38. The van der Waals surface area contributed by atoms with Crippen molar-refractivity contribution in [3.8, 4) is 0 Å². The van der Waals surface area contributed by atoms with Crippen LogP contribution in [0.5, 0.6) is 0 Å². The van der Waals surface area contributed by atoms with E-state index in [1.807, 2.05) is 0 Å². The summed E-state index contributed by atoms with van der Waals surface area (Å²) in [6.07, 6.45) is -3.67. The fraction of sp³-hybridized carbons (Fsp3) is 0.588. The van der Waals surface area contributed by atoms with E-state index in [-0.39, 0.29) is 31.0 Å². The number of benzene rings is 1. The molecule has 0 aliphatic carbocycles. The molecule has 142 valence electrons. The fourth-order valence-corrected chi connectivity index (χ4v) is 2.71. The quantitative estimate of drug-likeness (QED) is 0.825. The molecular weight excluding hydrogens is 357 g/mol. The van der Waals surface area contributed by atoms with Gasteiger partial charge in [-0.2, -0.15) is 13.2 Å². The normalized spacial score (nSPS) is 20.9. The number of carbonyl (C=O) groups excluding carboxylic acids is 1. The van der Waals surface area contributed by atoms with E-state index in [1.165, 1.54) is 6.07 Å². The molecule has 1 aromatic carbocycles.